The number of carbonyl (C=O) groups is 1. The lowest BCUT2D eigenvalue weighted by Gasteiger charge is -2.33. The molecule has 4 rings (SSSR count). The standard InChI is InChI=1S/C19H20ClFN6O/c20-12-6-13(21)8-15(7-12)23-9-17(28)27-5-1-2-14(10-27)26-19-16-3-4-22-18(16)24-11-25-19/h3-4,6-8,11,14,23H,1-2,5,9-10H2,(H2,22,24,25,26). The Labute approximate surface area is 166 Å². The summed E-state index contributed by atoms with van der Waals surface area (Å²) in [6, 6.07) is 6.17. The molecule has 1 atom stereocenters. The number of aromatic amines is 1. The maximum absolute atomic E-state index is 13.4. The summed E-state index contributed by atoms with van der Waals surface area (Å²) in [7, 11) is 0. The zero-order valence-corrected chi connectivity index (χ0v) is 15.8. The van der Waals surface area contributed by atoms with Crippen LogP contribution in [0.4, 0.5) is 15.9 Å². The van der Waals surface area contributed by atoms with Crippen LogP contribution in [0.3, 0.4) is 0 Å². The monoisotopic (exact) mass is 402 g/mol. The van der Waals surface area contributed by atoms with Crippen molar-refractivity contribution in [3.8, 4) is 0 Å². The van der Waals surface area contributed by atoms with E-state index in [2.05, 4.69) is 25.6 Å². The smallest absolute Gasteiger partial charge is 0.241 e. The van der Waals surface area contributed by atoms with Crippen molar-refractivity contribution in [2.24, 2.45) is 0 Å². The van der Waals surface area contributed by atoms with Gasteiger partial charge in [0, 0.05) is 36.0 Å². The Bertz CT molecular complexity index is 973. The predicted octanol–water partition coefficient (Wildman–Crippen LogP) is 3.27. The highest BCUT2D eigenvalue weighted by molar-refractivity contribution is 6.30. The molecule has 1 saturated heterocycles. The molecular formula is C19H20ClFN6O. The minimum atomic E-state index is -0.439. The summed E-state index contributed by atoms with van der Waals surface area (Å²) in [5.74, 6) is 0.282. The highest BCUT2D eigenvalue weighted by atomic mass is 35.5. The van der Waals surface area contributed by atoms with Gasteiger partial charge < -0.3 is 20.5 Å². The second-order valence-electron chi connectivity index (χ2n) is 6.80. The first-order valence-electron chi connectivity index (χ1n) is 9.11. The van der Waals surface area contributed by atoms with Crippen molar-refractivity contribution in [2.45, 2.75) is 18.9 Å². The molecule has 0 spiro atoms. The van der Waals surface area contributed by atoms with Gasteiger partial charge in [-0.15, -0.1) is 0 Å². The Balaban J connectivity index is 1.36. The SMILES string of the molecule is O=C(CNc1cc(F)cc(Cl)c1)N1CCCC(Nc2ncnc3[nH]ccc23)C1. The number of hydrogen-bond donors (Lipinski definition) is 3. The highest BCUT2D eigenvalue weighted by Gasteiger charge is 2.24. The van der Waals surface area contributed by atoms with Gasteiger partial charge in [0.15, 0.2) is 0 Å². The number of hydrogen-bond acceptors (Lipinski definition) is 5. The van der Waals surface area contributed by atoms with Crippen LogP contribution in [0.2, 0.25) is 5.02 Å². The van der Waals surface area contributed by atoms with Crippen LogP contribution in [0.5, 0.6) is 0 Å². The quantitative estimate of drug-likeness (QED) is 0.609. The molecule has 28 heavy (non-hydrogen) atoms. The van der Waals surface area contributed by atoms with Crippen LogP contribution >= 0.6 is 11.6 Å². The Morgan fingerprint density at radius 2 is 2.25 bits per heavy atom. The van der Waals surface area contributed by atoms with Gasteiger partial charge in [0.2, 0.25) is 5.91 Å². The lowest BCUT2D eigenvalue weighted by atomic mass is 10.1. The molecule has 3 aromatic rings. The Kier molecular flexibility index (Phi) is 5.29. The zero-order valence-electron chi connectivity index (χ0n) is 15.1. The van der Waals surface area contributed by atoms with Crippen LogP contribution < -0.4 is 10.6 Å². The summed E-state index contributed by atoms with van der Waals surface area (Å²) in [4.78, 5) is 26.0. The highest BCUT2D eigenvalue weighted by Crippen LogP contribution is 2.22. The van der Waals surface area contributed by atoms with Crippen LogP contribution in [0, 0.1) is 5.82 Å². The molecule has 0 aliphatic carbocycles. The number of fused-ring (bicyclic) bond motifs is 1. The molecule has 9 heteroatoms. The second-order valence-corrected chi connectivity index (χ2v) is 7.23. The lowest BCUT2D eigenvalue weighted by molar-refractivity contribution is -0.130. The van der Waals surface area contributed by atoms with E-state index in [1.807, 2.05) is 17.2 Å². The number of aromatic nitrogens is 3. The van der Waals surface area contributed by atoms with Crippen molar-refractivity contribution in [1.82, 2.24) is 19.9 Å². The molecule has 3 N–H and O–H groups in total. The van der Waals surface area contributed by atoms with E-state index < -0.39 is 5.82 Å². The van der Waals surface area contributed by atoms with Gasteiger partial charge in [-0.3, -0.25) is 4.79 Å². The number of nitrogens with one attached hydrogen (secondary N) is 3. The van der Waals surface area contributed by atoms with Gasteiger partial charge in [-0.05, 0) is 37.1 Å². The fourth-order valence-corrected chi connectivity index (χ4v) is 3.67. The molecule has 7 nitrogen and oxygen atoms in total. The Hall–Kier alpha value is -2.87. The topological polar surface area (TPSA) is 85.9 Å². The van der Waals surface area contributed by atoms with Gasteiger partial charge in [-0.1, -0.05) is 11.6 Å². The number of halogens is 2. The summed E-state index contributed by atoms with van der Waals surface area (Å²) in [6.07, 6.45) is 5.19. The molecule has 1 unspecified atom stereocenters. The predicted molar refractivity (Wildman–Crippen MR) is 107 cm³/mol. The first kappa shape index (κ1) is 18.5. The Morgan fingerprint density at radius 1 is 1.36 bits per heavy atom. The van der Waals surface area contributed by atoms with Crippen molar-refractivity contribution in [2.75, 3.05) is 30.3 Å². The molecule has 1 fully saturated rings. The molecule has 1 amide bonds. The van der Waals surface area contributed by atoms with E-state index in [1.54, 1.807) is 6.07 Å². The van der Waals surface area contributed by atoms with Crippen LogP contribution in [-0.4, -0.2) is 51.4 Å². The molecule has 146 valence electrons. The van der Waals surface area contributed by atoms with Gasteiger partial charge in [-0.25, -0.2) is 14.4 Å². The number of H-pyrrole nitrogens is 1. The number of anilines is 2. The van der Waals surface area contributed by atoms with E-state index in [0.717, 1.165) is 29.7 Å². The maximum atomic E-state index is 13.4. The summed E-state index contributed by atoms with van der Waals surface area (Å²) in [6.45, 7) is 1.37. The number of rotatable bonds is 5. The number of carbonyl (C=O) groups excluding carboxylic acids is 1. The summed E-state index contributed by atoms with van der Waals surface area (Å²) < 4.78 is 13.4. The largest absolute Gasteiger partial charge is 0.376 e. The number of likely N-dealkylation sites (tertiary alicyclic amines) is 1. The Morgan fingerprint density at radius 3 is 3.11 bits per heavy atom. The van der Waals surface area contributed by atoms with Crippen molar-refractivity contribution < 1.29 is 9.18 Å². The van der Waals surface area contributed by atoms with Gasteiger partial charge in [-0.2, -0.15) is 0 Å². The number of nitrogens with zero attached hydrogens (tertiary/aromatic N) is 3. The zero-order chi connectivity index (χ0) is 19.5. The molecular weight excluding hydrogens is 383 g/mol. The van der Waals surface area contributed by atoms with Crippen LogP contribution in [0.1, 0.15) is 12.8 Å². The minimum Gasteiger partial charge on any atom is -0.376 e. The van der Waals surface area contributed by atoms with Crippen LogP contribution in [-0.2, 0) is 4.79 Å². The third-order valence-corrected chi connectivity index (χ3v) is 4.99. The third kappa shape index (κ3) is 4.17. The minimum absolute atomic E-state index is 0.0404. The van der Waals surface area contributed by atoms with Gasteiger partial charge in [0.05, 0.1) is 11.9 Å². The molecule has 0 bridgehead atoms. The first-order chi connectivity index (χ1) is 13.6. The van der Waals surface area contributed by atoms with Crippen molar-refractivity contribution >= 4 is 40.0 Å². The normalized spacial score (nSPS) is 16.9. The summed E-state index contributed by atoms with van der Waals surface area (Å²) in [5.41, 5.74) is 1.26. The molecule has 0 saturated carbocycles. The maximum Gasteiger partial charge on any atom is 0.241 e. The van der Waals surface area contributed by atoms with E-state index in [4.69, 9.17) is 11.6 Å². The van der Waals surface area contributed by atoms with E-state index in [-0.39, 0.29) is 23.5 Å². The van der Waals surface area contributed by atoms with E-state index in [0.29, 0.717) is 18.8 Å². The van der Waals surface area contributed by atoms with Crippen LogP contribution in [0.15, 0.2) is 36.8 Å². The molecule has 1 aliphatic heterocycles. The molecule has 1 aliphatic rings. The average molecular weight is 403 g/mol. The second kappa shape index (κ2) is 8.02. The molecule has 3 heterocycles. The average Bonchev–Trinajstić information content (AvgIpc) is 3.15. The van der Waals surface area contributed by atoms with Crippen molar-refractivity contribution in [3.63, 3.8) is 0 Å². The van der Waals surface area contributed by atoms with Gasteiger partial charge in [0.1, 0.15) is 23.6 Å². The van der Waals surface area contributed by atoms with E-state index in [9.17, 15) is 9.18 Å². The molecule has 0 radical (unpaired) electrons. The van der Waals surface area contributed by atoms with E-state index >= 15 is 0 Å². The van der Waals surface area contributed by atoms with Crippen molar-refractivity contribution in [3.05, 3.63) is 47.6 Å². The van der Waals surface area contributed by atoms with Gasteiger partial charge in [0.25, 0.3) is 0 Å². The third-order valence-electron chi connectivity index (χ3n) is 4.78. The molecule has 2 aromatic heterocycles. The van der Waals surface area contributed by atoms with Crippen molar-refractivity contribution in [1.29, 1.82) is 0 Å². The van der Waals surface area contributed by atoms with E-state index in [1.165, 1.54) is 18.5 Å². The number of amides is 1. The van der Waals surface area contributed by atoms with Crippen LogP contribution in [0.25, 0.3) is 11.0 Å². The summed E-state index contributed by atoms with van der Waals surface area (Å²) in [5, 5.41) is 7.60. The lowest BCUT2D eigenvalue weighted by Crippen LogP contribution is -2.47. The fourth-order valence-electron chi connectivity index (χ4n) is 3.45. The fraction of sp³-hybridized carbons (Fsp3) is 0.316. The first-order valence-corrected chi connectivity index (χ1v) is 9.48. The molecule has 1 aromatic carbocycles. The number of benzene rings is 1. The van der Waals surface area contributed by atoms with Gasteiger partial charge >= 0.3 is 0 Å². The summed E-state index contributed by atoms with van der Waals surface area (Å²) >= 11 is 5.85. The number of piperidine rings is 1.